The second-order valence-electron chi connectivity index (χ2n) is 16.2. The normalized spacial score (nSPS) is 11.7. The molecule has 0 radical (unpaired) electrons. The van der Waals surface area contributed by atoms with Gasteiger partial charge in [-0.15, -0.1) is 0 Å². The molecule has 3 heteroatoms. The number of para-hydroxylation sites is 2. The van der Waals surface area contributed by atoms with E-state index in [-0.39, 0.29) is 0 Å². The van der Waals surface area contributed by atoms with Crippen LogP contribution in [0.1, 0.15) is 48.9 Å². The minimum atomic E-state index is 1.05. The van der Waals surface area contributed by atoms with Crippen LogP contribution in [0.15, 0.2) is 176 Å². The van der Waals surface area contributed by atoms with Crippen LogP contribution in [0, 0.1) is 13.8 Å². The summed E-state index contributed by atoms with van der Waals surface area (Å²) in [6, 6.07) is 65.7. The van der Waals surface area contributed by atoms with Crippen molar-refractivity contribution >= 4 is 60.7 Å². The lowest BCUT2D eigenvalue weighted by Gasteiger charge is -2.27. The largest absolute Gasteiger partial charge is 0.310 e. The van der Waals surface area contributed by atoms with E-state index in [0.29, 0.717) is 0 Å². The number of hydrogen-bond donors (Lipinski definition) is 0. The average Bonchev–Trinajstić information content (AvgIpc) is 3.77. The van der Waals surface area contributed by atoms with Crippen LogP contribution in [0.4, 0.5) is 17.1 Å². The Bertz CT molecular complexity index is 3100. The van der Waals surface area contributed by atoms with Crippen LogP contribution >= 0.6 is 0 Å². The third-order valence-electron chi connectivity index (χ3n) is 11.9. The number of fused-ring (bicyclic) bond motifs is 7. The third kappa shape index (κ3) is 6.38. The van der Waals surface area contributed by atoms with Crippen molar-refractivity contribution in [2.45, 2.75) is 53.4 Å². The lowest BCUT2D eigenvalue weighted by molar-refractivity contribution is 0.919. The third-order valence-corrected chi connectivity index (χ3v) is 11.9. The van der Waals surface area contributed by atoms with E-state index in [0.717, 1.165) is 42.7 Å². The predicted molar refractivity (Wildman–Crippen MR) is 253 cm³/mol. The maximum Gasteiger partial charge on any atom is 0.0795 e. The lowest BCUT2D eigenvalue weighted by atomic mass is 9.95. The van der Waals surface area contributed by atoms with Gasteiger partial charge in [-0.05, 0) is 140 Å². The number of aryl methyl sites for hydroxylation is 4. The molecule has 0 atom stereocenters. The van der Waals surface area contributed by atoms with E-state index in [1.54, 1.807) is 0 Å². The monoisotopic (exact) mass is 763 g/mol. The van der Waals surface area contributed by atoms with E-state index in [1.807, 2.05) is 0 Å². The molecule has 0 saturated carbocycles. The summed E-state index contributed by atoms with van der Waals surface area (Å²) < 4.78 is 5.00. The van der Waals surface area contributed by atoms with Gasteiger partial charge >= 0.3 is 0 Å². The first-order chi connectivity index (χ1) is 29.0. The molecule has 0 bridgehead atoms. The molecule has 0 aliphatic heterocycles. The van der Waals surface area contributed by atoms with Crippen LogP contribution in [0.3, 0.4) is 0 Å². The van der Waals surface area contributed by atoms with E-state index in [2.05, 4.69) is 218 Å². The fourth-order valence-corrected chi connectivity index (χ4v) is 9.38. The Morgan fingerprint density at radius 2 is 0.932 bits per heavy atom. The molecule has 0 aliphatic carbocycles. The number of hydrogen-bond acceptors (Lipinski definition) is 1. The number of benzene rings is 8. The van der Waals surface area contributed by atoms with Crippen LogP contribution in [-0.4, -0.2) is 9.13 Å². The molecule has 10 rings (SSSR count). The highest BCUT2D eigenvalue weighted by molar-refractivity contribution is 6.28. The molecule has 0 fully saturated rings. The van der Waals surface area contributed by atoms with E-state index in [4.69, 9.17) is 0 Å². The summed E-state index contributed by atoms with van der Waals surface area (Å²) in [5.41, 5.74) is 18.3. The number of nitrogens with zero attached hydrogens (tertiary/aromatic N) is 3. The number of aromatic nitrogens is 2. The van der Waals surface area contributed by atoms with Crippen molar-refractivity contribution in [1.82, 2.24) is 9.13 Å². The maximum absolute atomic E-state index is 2.51. The zero-order valence-corrected chi connectivity index (χ0v) is 34.4. The molecule has 10 aromatic rings. The van der Waals surface area contributed by atoms with E-state index < -0.39 is 0 Å². The van der Waals surface area contributed by atoms with Gasteiger partial charge in [0.25, 0.3) is 0 Å². The molecule has 0 amide bonds. The summed E-state index contributed by atoms with van der Waals surface area (Å²) in [5.74, 6) is 0. The molecule has 0 unspecified atom stereocenters. The first-order valence-corrected chi connectivity index (χ1v) is 21.2. The summed E-state index contributed by atoms with van der Waals surface area (Å²) in [4.78, 5) is 2.46. The molecule has 2 aromatic heterocycles. The highest BCUT2D eigenvalue weighted by atomic mass is 15.1. The molecular formula is C56H49N3. The fraction of sp³-hybridized carbons (Fsp3) is 0.143. The zero-order valence-electron chi connectivity index (χ0n) is 34.4. The SMILES string of the molecule is CCCc1cccc(N(c2cccc(CCC)c2)c2cccc(-c3cc4c5cc(C)ccc5n(-c5ccccc5)c4c4c3c3cc(C)ccc3n4-c3ccccc3)c2)c1. The number of rotatable bonds is 10. The quantitative estimate of drug-likeness (QED) is 0.135. The van der Waals surface area contributed by atoms with Crippen molar-refractivity contribution in [3.8, 4) is 22.5 Å². The standard InChI is InChI=1S/C56H49N3/c1-5-16-40-18-13-25-45(34-40)57(46-26-14-19-41(35-46)17-6-2)47-27-15-20-42(36-47)48-37-50-49-32-38(3)28-30-52(49)58(43-21-9-7-10-22-43)55(50)56-54(48)51-33-39(4)29-31-53(51)59(56)44-23-11-8-12-24-44/h7-15,18-37H,5-6,16-17H2,1-4H3. The Hall–Kier alpha value is -6.84. The highest BCUT2D eigenvalue weighted by Crippen LogP contribution is 2.47. The van der Waals surface area contributed by atoms with Crippen molar-refractivity contribution in [2.24, 2.45) is 0 Å². The van der Waals surface area contributed by atoms with E-state index in [1.165, 1.54) is 88.4 Å². The van der Waals surface area contributed by atoms with E-state index >= 15 is 0 Å². The average molecular weight is 764 g/mol. The van der Waals surface area contributed by atoms with Crippen LogP contribution in [0.2, 0.25) is 0 Å². The van der Waals surface area contributed by atoms with Gasteiger partial charge in [0.15, 0.2) is 0 Å². The van der Waals surface area contributed by atoms with Gasteiger partial charge in [-0.25, -0.2) is 0 Å². The van der Waals surface area contributed by atoms with Crippen molar-refractivity contribution in [2.75, 3.05) is 4.90 Å². The Morgan fingerprint density at radius 1 is 0.424 bits per heavy atom. The molecule has 8 aromatic carbocycles. The minimum Gasteiger partial charge on any atom is -0.310 e. The smallest absolute Gasteiger partial charge is 0.0795 e. The molecule has 0 saturated heterocycles. The lowest BCUT2D eigenvalue weighted by Crippen LogP contribution is -2.11. The maximum atomic E-state index is 2.51. The second-order valence-corrected chi connectivity index (χ2v) is 16.2. The fourth-order valence-electron chi connectivity index (χ4n) is 9.38. The Morgan fingerprint density at radius 3 is 1.51 bits per heavy atom. The van der Waals surface area contributed by atoms with Gasteiger partial charge < -0.3 is 14.0 Å². The van der Waals surface area contributed by atoms with Crippen molar-refractivity contribution in [3.05, 3.63) is 198 Å². The summed E-state index contributed by atoms with van der Waals surface area (Å²) in [6.45, 7) is 8.94. The van der Waals surface area contributed by atoms with Crippen LogP contribution in [0.5, 0.6) is 0 Å². The van der Waals surface area contributed by atoms with Gasteiger partial charge in [0.2, 0.25) is 0 Å². The van der Waals surface area contributed by atoms with Crippen LogP contribution in [-0.2, 0) is 12.8 Å². The molecule has 0 spiro atoms. The first kappa shape index (κ1) is 36.5. The molecule has 288 valence electrons. The molecule has 0 aliphatic rings. The number of anilines is 3. The Labute approximate surface area is 347 Å². The van der Waals surface area contributed by atoms with Gasteiger partial charge in [0.1, 0.15) is 0 Å². The topological polar surface area (TPSA) is 13.1 Å². The Balaban J connectivity index is 1.33. The summed E-state index contributed by atoms with van der Waals surface area (Å²) in [6.07, 6.45) is 4.33. The van der Waals surface area contributed by atoms with Crippen LogP contribution < -0.4 is 4.90 Å². The van der Waals surface area contributed by atoms with Gasteiger partial charge in [0.05, 0.1) is 22.1 Å². The second kappa shape index (κ2) is 15.2. The Kier molecular flexibility index (Phi) is 9.38. The van der Waals surface area contributed by atoms with Crippen LogP contribution in [0.25, 0.3) is 66.1 Å². The van der Waals surface area contributed by atoms with Crippen molar-refractivity contribution in [1.29, 1.82) is 0 Å². The molecule has 2 heterocycles. The van der Waals surface area contributed by atoms with Gasteiger partial charge in [-0.2, -0.15) is 0 Å². The van der Waals surface area contributed by atoms with Crippen molar-refractivity contribution in [3.63, 3.8) is 0 Å². The zero-order chi connectivity index (χ0) is 40.0. The summed E-state index contributed by atoms with van der Waals surface area (Å²) in [5, 5.41) is 5.01. The molecule has 0 N–H and O–H groups in total. The van der Waals surface area contributed by atoms with Gasteiger partial charge in [-0.1, -0.05) is 123 Å². The highest BCUT2D eigenvalue weighted by Gasteiger charge is 2.25. The minimum absolute atomic E-state index is 1.05. The summed E-state index contributed by atoms with van der Waals surface area (Å²) >= 11 is 0. The summed E-state index contributed by atoms with van der Waals surface area (Å²) in [7, 11) is 0. The predicted octanol–water partition coefficient (Wildman–Crippen LogP) is 15.5. The van der Waals surface area contributed by atoms with Crippen molar-refractivity contribution < 1.29 is 0 Å². The first-order valence-electron chi connectivity index (χ1n) is 21.2. The van der Waals surface area contributed by atoms with Gasteiger partial charge in [0, 0.05) is 50.0 Å². The molecule has 3 nitrogen and oxygen atoms in total. The molecular weight excluding hydrogens is 715 g/mol. The molecule has 59 heavy (non-hydrogen) atoms. The van der Waals surface area contributed by atoms with Gasteiger partial charge in [-0.3, -0.25) is 0 Å². The van der Waals surface area contributed by atoms with E-state index in [9.17, 15) is 0 Å².